The molecule has 3 N–H and O–H groups in total. The van der Waals surface area contributed by atoms with Crippen molar-refractivity contribution in [3.8, 4) is 0 Å². The number of amides is 3. The van der Waals surface area contributed by atoms with Crippen molar-refractivity contribution in [2.24, 2.45) is 11.3 Å². The monoisotopic (exact) mass is 572 g/mol. The third kappa shape index (κ3) is 7.66. The van der Waals surface area contributed by atoms with Crippen molar-refractivity contribution in [1.29, 1.82) is 0 Å². The van der Waals surface area contributed by atoms with Gasteiger partial charge in [0.05, 0.1) is 12.0 Å². The molecule has 42 heavy (non-hydrogen) atoms. The maximum atomic E-state index is 13.8. The van der Waals surface area contributed by atoms with Gasteiger partial charge in [0.25, 0.3) is 0 Å². The molecule has 3 atom stereocenters. The number of anilines is 1. The molecule has 224 valence electrons. The van der Waals surface area contributed by atoms with E-state index in [0.717, 1.165) is 30.5 Å². The van der Waals surface area contributed by atoms with Gasteiger partial charge in [-0.3, -0.25) is 19.3 Å². The molecule has 2 aromatic carbocycles. The van der Waals surface area contributed by atoms with Crippen molar-refractivity contribution in [2.75, 3.05) is 38.2 Å². The van der Waals surface area contributed by atoms with E-state index in [1.807, 2.05) is 54.6 Å². The van der Waals surface area contributed by atoms with Crippen LogP contribution in [0.4, 0.5) is 5.69 Å². The maximum Gasteiger partial charge on any atom is 0.243 e. The molecule has 0 radical (unpaired) electrons. The highest BCUT2D eigenvalue weighted by Gasteiger charge is 2.41. The first-order chi connectivity index (χ1) is 20.4. The van der Waals surface area contributed by atoms with Crippen LogP contribution in [0.5, 0.6) is 0 Å². The van der Waals surface area contributed by atoms with Gasteiger partial charge in [-0.05, 0) is 67.7 Å². The number of benzene rings is 2. The Labute approximate surface area is 249 Å². The number of fused-ring (bicyclic) bond motifs is 1. The summed E-state index contributed by atoms with van der Waals surface area (Å²) in [4.78, 5) is 42.6. The standard InChI is InChI=1S/C34H44N4O4/c1-2-25-11-13-28(14-12-25)35-31(39)24-38-19-15-29-27(23-38)10-6-7-16-34(17-20-42-21-18-34)33(41)37-30(32(40)36-29)22-26-8-4-3-5-9-26/h3-9,11-14,27,29-30H,2,10,15-24H2,1H3,(H,35,39)(H,36,40)(H,37,41)/b7-6+/t27-,29+,30-/m1/s1. The molecule has 0 bridgehead atoms. The van der Waals surface area contributed by atoms with Crippen LogP contribution in [0.3, 0.4) is 0 Å². The van der Waals surface area contributed by atoms with Crippen molar-refractivity contribution < 1.29 is 19.1 Å². The van der Waals surface area contributed by atoms with E-state index in [9.17, 15) is 14.4 Å². The van der Waals surface area contributed by atoms with Crippen LogP contribution >= 0.6 is 0 Å². The summed E-state index contributed by atoms with van der Waals surface area (Å²) in [6.45, 7) is 4.94. The lowest BCUT2D eigenvalue weighted by Crippen LogP contribution is -2.58. The summed E-state index contributed by atoms with van der Waals surface area (Å²) < 4.78 is 5.60. The molecule has 0 aliphatic carbocycles. The smallest absolute Gasteiger partial charge is 0.243 e. The molecule has 3 heterocycles. The largest absolute Gasteiger partial charge is 0.381 e. The molecule has 5 rings (SSSR count). The summed E-state index contributed by atoms with van der Waals surface area (Å²) in [6, 6.07) is 17.1. The van der Waals surface area contributed by atoms with Gasteiger partial charge in [0, 0.05) is 44.5 Å². The van der Waals surface area contributed by atoms with E-state index in [1.54, 1.807) is 0 Å². The molecule has 2 aromatic rings. The van der Waals surface area contributed by atoms with E-state index in [1.165, 1.54) is 5.56 Å². The second-order valence-corrected chi connectivity index (χ2v) is 12.0. The van der Waals surface area contributed by atoms with Gasteiger partial charge in [0.2, 0.25) is 17.7 Å². The Kier molecular flexibility index (Phi) is 10.1. The lowest BCUT2D eigenvalue weighted by Gasteiger charge is -2.40. The lowest BCUT2D eigenvalue weighted by atomic mass is 9.75. The number of hydrogen-bond acceptors (Lipinski definition) is 5. The van der Waals surface area contributed by atoms with Gasteiger partial charge in [-0.15, -0.1) is 0 Å². The number of rotatable bonds is 6. The Balaban J connectivity index is 1.29. The number of carbonyl (C=O) groups excluding carboxylic acids is 3. The number of piperidine rings is 1. The Morgan fingerprint density at radius 3 is 2.50 bits per heavy atom. The first kappa shape index (κ1) is 30.0. The van der Waals surface area contributed by atoms with Gasteiger partial charge in [-0.1, -0.05) is 61.5 Å². The maximum absolute atomic E-state index is 13.8. The third-order valence-corrected chi connectivity index (χ3v) is 9.11. The predicted octanol–water partition coefficient (Wildman–Crippen LogP) is 3.87. The second-order valence-electron chi connectivity index (χ2n) is 12.0. The predicted molar refractivity (Wildman–Crippen MR) is 164 cm³/mol. The molecule has 3 amide bonds. The highest BCUT2D eigenvalue weighted by Crippen LogP contribution is 2.36. The first-order valence-corrected chi connectivity index (χ1v) is 15.4. The number of allylic oxidation sites excluding steroid dienone is 2. The van der Waals surface area contributed by atoms with Crippen LogP contribution < -0.4 is 16.0 Å². The molecule has 8 heteroatoms. The van der Waals surface area contributed by atoms with Crippen LogP contribution in [0, 0.1) is 11.3 Å². The average Bonchev–Trinajstić information content (AvgIpc) is 3.01. The second kappa shape index (κ2) is 14.1. The number of nitrogens with zero attached hydrogens (tertiary/aromatic N) is 1. The fourth-order valence-electron chi connectivity index (χ4n) is 6.43. The van der Waals surface area contributed by atoms with E-state index < -0.39 is 11.5 Å². The Hall–Kier alpha value is -3.49. The lowest BCUT2D eigenvalue weighted by molar-refractivity contribution is -0.140. The highest BCUT2D eigenvalue weighted by molar-refractivity contribution is 5.92. The van der Waals surface area contributed by atoms with Crippen LogP contribution in [-0.4, -0.2) is 67.6 Å². The first-order valence-electron chi connectivity index (χ1n) is 15.4. The molecule has 0 unspecified atom stereocenters. The summed E-state index contributed by atoms with van der Waals surface area (Å²) in [6.07, 6.45) is 9.13. The molecule has 3 aliphatic rings. The van der Waals surface area contributed by atoms with Gasteiger partial charge in [-0.2, -0.15) is 0 Å². The molecule has 0 aromatic heterocycles. The minimum absolute atomic E-state index is 0.0301. The third-order valence-electron chi connectivity index (χ3n) is 9.11. The molecule has 0 saturated carbocycles. The zero-order chi connectivity index (χ0) is 29.4. The summed E-state index contributed by atoms with van der Waals surface area (Å²) in [5.41, 5.74) is 2.48. The number of carbonyl (C=O) groups is 3. The quantitative estimate of drug-likeness (QED) is 0.457. The van der Waals surface area contributed by atoms with Crippen LogP contribution in [0.1, 0.15) is 50.2 Å². The summed E-state index contributed by atoms with van der Waals surface area (Å²) in [7, 11) is 0. The Morgan fingerprint density at radius 2 is 1.76 bits per heavy atom. The number of likely N-dealkylation sites (tertiary alicyclic amines) is 1. The van der Waals surface area contributed by atoms with Crippen LogP contribution in [0.25, 0.3) is 0 Å². The number of aryl methyl sites for hydroxylation is 1. The van der Waals surface area contributed by atoms with Crippen LogP contribution in [0.2, 0.25) is 0 Å². The normalized spacial score (nSPS) is 25.7. The van der Waals surface area contributed by atoms with Gasteiger partial charge in [0.1, 0.15) is 6.04 Å². The van der Waals surface area contributed by atoms with Crippen molar-refractivity contribution >= 4 is 23.4 Å². The van der Waals surface area contributed by atoms with E-state index >= 15 is 0 Å². The molecule has 2 fully saturated rings. The van der Waals surface area contributed by atoms with Crippen molar-refractivity contribution in [3.05, 3.63) is 77.9 Å². The molecular formula is C34H44N4O4. The minimum atomic E-state index is -0.661. The topological polar surface area (TPSA) is 99.8 Å². The zero-order valence-electron chi connectivity index (χ0n) is 24.6. The van der Waals surface area contributed by atoms with E-state index in [2.05, 4.69) is 39.9 Å². The molecule has 2 saturated heterocycles. The zero-order valence-corrected chi connectivity index (χ0v) is 24.6. The minimum Gasteiger partial charge on any atom is -0.381 e. The van der Waals surface area contributed by atoms with Crippen LogP contribution in [-0.2, 0) is 32.0 Å². The Bertz CT molecular complexity index is 1240. The number of nitrogens with one attached hydrogen (secondary N) is 3. The van der Waals surface area contributed by atoms with E-state index in [4.69, 9.17) is 4.74 Å². The summed E-state index contributed by atoms with van der Waals surface area (Å²) in [5, 5.41) is 9.48. The van der Waals surface area contributed by atoms with Crippen molar-refractivity contribution in [2.45, 2.75) is 64.0 Å². The summed E-state index contributed by atoms with van der Waals surface area (Å²) in [5.74, 6) is -0.0734. The fraction of sp³-hybridized carbons (Fsp3) is 0.500. The van der Waals surface area contributed by atoms with E-state index in [0.29, 0.717) is 58.5 Å². The van der Waals surface area contributed by atoms with Crippen LogP contribution in [0.15, 0.2) is 66.7 Å². The van der Waals surface area contributed by atoms with Crippen molar-refractivity contribution in [1.82, 2.24) is 15.5 Å². The number of hydrogen-bond donors (Lipinski definition) is 3. The van der Waals surface area contributed by atoms with Gasteiger partial charge >= 0.3 is 0 Å². The molecule has 3 aliphatic heterocycles. The van der Waals surface area contributed by atoms with Gasteiger partial charge in [-0.25, -0.2) is 0 Å². The van der Waals surface area contributed by atoms with E-state index in [-0.39, 0.29) is 29.7 Å². The van der Waals surface area contributed by atoms with Gasteiger partial charge in [0.15, 0.2) is 0 Å². The molecular weight excluding hydrogens is 528 g/mol. The fourth-order valence-corrected chi connectivity index (χ4v) is 6.43. The number of ether oxygens (including phenoxy) is 1. The Morgan fingerprint density at radius 1 is 1.00 bits per heavy atom. The highest BCUT2D eigenvalue weighted by atomic mass is 16.5. The average molecular weight is 573 g/mol. The molecule has 1 spiro atoms. The van der Waals surface area contributed by atoms with Crippen molar-refractivity contribution in [3.63, 3.8) is 0 Å². The summed E-state index contributed by atoms with van der Waals surface area (Å²) >= 11 is 0. The SMILES string of the molecule is CCc1ccc(NC(=O)CN2CC[C@@H]3NC(=O)[C@@H](Cc4ccccc4)NC(=O)C4(C/C=C/C[C@@H]3C2)CCOCC4)cc1. The van der Waals surface area contributed by atoms with Gasteiger partial charge < -0.3 is 20.7 Å². The molecule has 8 nitrogen and oxygen atoms in total.